The van der Waals surface area contributed by atoms with Gasteiger partial charge in [0.15, 0.2) is 0 Å². The molecule has 0 saturated carbocycles. The molecule has 5 nitrogen and oxygen atoms in total. The van der Waals surface area contributed by atoms with E-state index in [1.807, 2.05) is 45.2 Å². The number of amides is 1. The third kappa shape index (κ3) is 4.41. The van der Waals surface area contributed by atoms with Crippen LogP contribution in [0.5, 0.6) is 0 Å². The fraction of sp³-hybridized carbons (Fsp3) is 0.391. The number of hydrogen-bond acceptors (Lipinski definition) is 4. The number of rotatable bonds is 1. The van der Waals surface area contributed by atoms with E-state index in [9.17, 15) is 4.79 Å². The Bertz CT molecular complexity index is 994. The highest BCUT2D eigenvalue weighted by Gasteiger charge is 2.34. The van der Waals surface area contributed by atoms with Crippen molar-refractivity contribution < 1.29 is 9.53 Å². The molecular weight excluding hydrogens is 466 g/mol. The first-order chi connectivity index (χ1) is 14.2. The van der Waals surface area contributed by atoms with Gasteiger partial charge in [0.2, 0.25) is 0 Å². The number of benzene rings is 1. The Labute approximate surface area is 190 Å². The highest BCUT2D eigenvalue weighted by molar-refractivity contribution is 9.15. The number of pyridine rings is 1. The average molecular weight is 491 g/mol. The summed E-state index contributed by atoms with van der Waals surface area (Å²) in [4.78, 5) is 21.4. The van der Waals surface area contributed by atoms with E-state index < -0.39 is 5.60 Å². The van der Waals surface area contributed by atoms with Crippen LogP contribution in [0.15, 0.2) is 36.5 Å². The molecule has 1 aromatic heterocycles. The standard InChI is InChI=1S/C23H25BrClN3O2/c1-23(2,3)30-22(29)28-11-9-27(10-12-28)21-17-7-6-16(25)14-18(17)19(24)13-15-5-4-8-26-20(15)21/h4-8,13-14,21H,9-12H2,1-3H3/t21-/m0/s1. The van der Waals surface area contributed by atoms with E-state index in [0.717, 1.165) is 40.0 Å². The molecule has 1 aliphatic carbocycles. The van der Waals surface area contributed by atoms with Crippen molar-refractivity contribution in [2.75, 3.05) is 26.2 Å². The van der Waals surface area contributed by atoms with Gasteiger partial charge in [0.05, 0.1) is 11.7 Å². The Morgan fingerprint density at radius 2 is 1.93 bits per heavy atom. The molecule has 7 heteroatoms. The van der Waals surface area contributed by atoms with Crippen molar-refractivity contribution in [1.82, 2.24) is 14.8 Å². The van der Waals surface area contributed by atoms with Crippen molar-refractivity contribution in [1.29, 1.82) is 0 Å². The van der Waals surface area contributed by atoms with Gasteiger partial charge in [-0.1, -0.05) is 39.7 Å². The van der Waals surface area contributed by atoms with Crippen LogP contribution in [0.25, 0.3) is 10.6 Å². The van der Waals surface area contributed by atoms with E-state index in [2.05, 4.69) is 39.0 Å². The summed E-state index contributed by atoms with van der Waals surface area (Å²) in [6.07, 6.45) is 3.69. The predicted octanol–water partition coefficient (Wildman–Crippen LogP) is 5.58. The first kappa shape index (κ1) is 21.3. The zero-order valence-electron chi connectivity index (χ0n) is 17.4. The monoisotopic (exact) mass is 489 g/mol. The quantitative estimate of drug-likeness (QED) is 0.523. The van der Waals surface area contributed by atoms with E-state index in [0.29, 0.717) is 18.1 Å². The van der Waals surface area contributed by atoms with Crippen molar-refractivity contribution in [3.63, 3.8) is 0 Å². The Morgan fingerprint density at radius 3 is 2.63 bits per heavy atom. The van der Waals surface area contributed by atoms with Crippen LogP contribution in [0.3, 0.4) is 0 Å². The third-order valence-corrected chi connectivity index (χ3v) is 6.20. The summed E-state index contributed by atoms with van der Waals surface area (Å²) in [6.45, 7) is 8.38. The fourth-order valence-corrected chi connectivity index (χ4v) is 4.74. The zero-order valence-corrected chi connectivity index (χ0v) is 19.7. The van der Waals surface area contributed by atoms with Crippen LogP contribution in [0.2, 0.25) is 5.02 Å². The molecule has 0 bridgehead atoms. The summed E-state index contributed by atoms with van der Waals surface area (Å²) in [7, 11) is 0. The minimum absolute atomic E-state index is 0.0134. The van der Waals surface area contributed by atoms with Gasteiger partial charge < -0.3 is 9.64 Å². The Kier molecular flexibility index (Phi) is 5.93. The molecule has 4 rings (SSSR count). The summed E-state index contributed by atoms with van der Waals surface area (Å²) in [5, 5.41) is 0.700. The molecule has 1 atom stereocenters. The van der Waals surface area contributed by atoms with E-state index in [4.69, 9.17) is 21.3 Å². The van der Waals surface area contributed by atoms with Gasteiger partial charge >= 0.3 is 6.09 Å². The molecule has 1 aliphatic heterocycles. The molecule has 0 spiro atoms. The highest BCUT2D eigenvalue weighted by Crippen LogP contribution is 2.42. The Morgan fingerprint density at radius 1 is 1.20 bits per heavy atom. The van der Waals surface area contributed by atoms with Crippen LogP contribution >= 0.6 is 27.5 Å². The molecule has 2 heterocycles. The van der Waals surface area contributed by atoms with Gasteiger partial charge in [0, 0.05) is 41.9 Å². The SMILES string of the molecule is CC(C)(C)OC(=O)N1CCN([C@H]2c3ccc(Cl)cc3C(Br)=Cc3cccnc32)CC1. The average Bonchev–Trinajstić information content (AvgIpc) is 2.81. The normalized spacial score (nSPS) is 19.4. The van der Waals surface area contributed by atoms with Gasteiger partial charge in [-0.05, 0) is 61.7 Å². The first-order valence-electron chi connectivity index (χ1n) is 10.1. The molecule has 0 radical (unpaired) electrons. The number of carbonyl (C=O) groups excluding carboxylic acids is 1. The van der Waals surface area contributed by atoms with Crippen LogP contribution in [0.1, 0.15) is 49.2 Å². The summed E-state index contributed by atoms with van der Waals surface area (Å²) in [6, 6.07) is 10.0. The van der Waals surface area contributed by atoms with Gasteiger partial charge in [-0.25, -0.2) is 4.79 Å². The summed E-state index contributed by atoms with van der Waals surface area (Å²) < 4.78 is 6.53. The molecule has 1 aromatic carbocycles. The van der Waals surface area contributed by atoms with Crippen LogP contribution in [-0.4, -0.2) is 52.7 Å². The molecule has 1 saturated heterocycles. The number of nitrogens with zero attached hydrogens (tertiary/aromatic N) is 3. The number of ether oxygens (including phenoxy) is 1. The highest BCUT2D eigenvalue weighted by atomic mass is 79.9. The van der Waals surface area contributed by atoms with Gasteiger partial charge in [-0.3, -0.25) is 9.88 Å². The summed E-state index contributed by atoms with van der Waals surface area (Å²) in [5.74, 6) is 0. The number of carbonyl (C=O) groups is 1. The minimum atomic E-state index is -0.492. The number of halogens is 2. The zero-order chi connectivity index (χ0) is 21.5. The summed E-state index contributed by atoms with van der Waals surface area (Å²) in [5.41, 5.74) is 3.83. The van der Waals surface area contributed by atoms with Crippen molar-refractivity contribution in [2.24, 2.45) is 0 Å². The van der Waals surface area contributed by atoms with E-state index >= 15 is 0 Å². The van der Waals surface area contributed by atoms with Gasteiger partial charge in [0.25, 0.3) is 0 Å². The molecule has 1 amide bonds. The second-order valence-corrected chi connectivity index (χ2v) is 9.90. The molecule has 158 valence electrons. The van der Waals surface area contributed by atoms with Crippen LogP contribution in [-0.2, 0) is 4.74 Å². The number of fused-ring (bicyclic) bond motifs is 2. The number of hydrogen-bond donors (Lipinski definition) is 0. The van der Waals surface area contributed by atoms with Crippen LogP contribution in [0, 0.1) is 0 Å². The molecule has 30 heavy (non-hydrogen) atoms. The van der Waals surface area contributed by atoms with Crippen LogP contribution in [0.4, 0.5) is 4.79 Å². The molecule has 0 unspecified atom stereocenters. The lowest BCUT2D eigenvalue weighted by Crippen LogP contribution is -2.51. The van der Waals surface area contributed by atoms with E-state index in [-0.39, 0.29) is 12.1 Å². The lowest BCUT2D eigenvalue weighted by Gasteiger charge is -2.40. The Balaban J connectivity index is 1.64. The lowest BCUT2D eigenvalue weighted by atomic mass is 9.96. The van der Waals surface area contributed by atoms with Crippen LogP contribution < -0.4 is 0 Å². The van der Waals surface area contributed by atoms with Gasteiger partial charge in [-0.15, -0.1) is 0 Å². The lowest BCUT2D eigenvalue weighted by molar-refractivity contribution is 0.0118. The maximum Gasteiger partial charge on any atom is 0.410 e. The predicted molar refractivity (Wildman–Crippen MR) is 124 cm³/mol. The van der Waals surface area contributed by atoms with E-state index in [1.54, 1.807) is 4.90 Å². The fourth-order valence-electron chi connectivity index (χ4n) is 3.97. The minimum Gasteiger partial charge on any atom is -0.444 e. The first-order valence-corrected chi connectivity index (χ1v) is 11.2. The maximum atomic E-state index is 12.5. The van der Waals surface area contributed by atoms with Gasteiger partial charge in [-0.2, -0.15) is 0 Å². The second-order valence-electron chi connectivity index (χ2n) is 8.61. The molecule has 0 N–H and O–H groups in total. The van der Waals surface area contributed by atoms with Gasteiger partial charge in [0.1, 0.15) is 5.60 Å². The molecule has 1 fully saturated rings. The maximum absolute atomic E-state index is 12.5. The smallest absolute Gasteiger partial charge is 0.410 e. The third-order valence-electron chi connectivity index (χ3n) is 5.31. The van der Waals surface area contributed by atoms with Crippen molar-refractivity contribution in [2.45, 2.75) is 32.4 Å². The Hall–Kier alpha value is -1.89. The van der Waals surface area contributed by atoms with Crippen molar-refractivity contribution in [3.8, 4) is 0 Å². The topological polar surface area (TPSA) is 45.7 Å². The molecule has 2 aliphatic rings. The second kappa shape index (κ2) is 8.33. The molecular formula is C23H25BrClN3O2. The van der Waals surface area contributed by atoms with E-state index in [1.165, 1.54) is 0 Å². The summed E-state index contributed by atoms with van der Waals surface area (Å²) >= 11 is 10.0. The number of aromatic nitrogens is 1. The molecule has 2 aromatic rings. The van der Waals surface area contributed by atoms with Crippen molar-refractivity contribution >= 4 is 44.2 Å². The number of piperazine rings is 1. The van der Waals surface area contributed by atoms with Crippen molar-refractivity contribution in [3.05, 3.63) is 63.9 Å². The largest absolute Gasteiger partial charge is 0.444 e.